The highest BCUT2D eigenvalue weighted by molar-refractivity contribution is 6.33. The van der Waals surface area contributed by atoms with Gasteiger partial charge in [-0.15, -0.1) is 0 Å². The number of benzene rings is 2. The molecule has 0 atom stereocenters. The number of aryl methyl sites for hydroxylation is 1. The highest BCUT2D eigenvalue weighted by Gasteiger charge is 2.19. The summed E-state index contributed by atoms with van der Waals surface area (Å²) in [5.41, 5.74) is 10.6. The van der Waals surface area contributed by atoms with E-state index >= 15 is 0 Å². The first-order valence-electron chi connectivity index (χ1n) is 7.13. The number of nitrogens with two attached hydrogens (primary N) is 1. The van der Waals surface area contributed by atoms with Gasteiger partial charge in [0.25, 0.3) is 0 Å². The number of para-hydroxylation sites is 1. The highest BCUT2D eigenvalue weighted by atomic mass is 35.5. The predicted molar refractivity (Wildman–Crippen MR) is 86.0 cm³/mol. The first-order chi connectivity index (χ1) is 9.79. The van der Waals surface area contributed by atoms with Crippen LogP contribution in [0, 0.1) is 0 Å². The summed E-state index contributed by atoms with van der Waals surface area (Å²) in [7, 11) is 0. The van der Waals surface area contributed by atoms with Crippen LogP contribution in [0.3, 0.4) is 0 Å². The third-order valence-corrected chi connectivity index (χ3v) is 4.15. The highest BCUT2D eigenvalue weighted by Crippen LogP contribution is 2.37. The first-order valence-corrected chi connectivity index (χ1v) is 7.51. The average Bonchev–Trinajstić information content (AvgIpc) is 2.47. The second-order valence-electron chi connectivity index (χ2n) is 5.21. The van der Waals surface area contributed by atoms with Crippen LogP contribution in [0.15, 0.2) is 42.5 Å². The third-order valence-electron chi connectivity index (χ3n) is 3.85. The molecule has 0 saturated carbocycles. The quantitative estimate of drug-likeness (QED) is 0.926. The van der Waals surface area contributed by atoms with Crippen molar-refractivity contribution in [3.63, 3.8) is 0 Å². The van der Waals surface area contributed by atoms with E-state index in [9.17, 15) is 0 Å². The second kappa shape index (κ2) is 5.86. The molecule has 0 amide bonds. The predicted octanol–water partition coefficient (Wildman–Crippen LogP) is 3.93. The summed E-state index contributed by atoms with van der Waals surface area (Å²) in [6.45, 7) is 1.68. The van der Waals surface area contributed by atoms with Crippen LogP contribution in [-0.2, 0) is 12.8 Å². The summed E-state index contributed by atoms with van der Waals surface area (Å²) in [4.78, 5) is 2.33. The van der Waals surface area contributed by atoms with E-state index in [0.717, 1.165) is 36.5 Å². The Morgan fingerprint density at radius 1 is 1.10 bits per heavy atom. The zero-order chi connectivity index (χ0) is 13.9. The van der Waals surface area contributed by atoms with Gasteiger partial charge in [-0.1, -0.05) is 35.9 Å². The monoisotopic (exact) mass is 286 g/mol. The lowest BCUT2D eigenvalue weighted by Gasteiger charge is -2.32. The van der Waals surface area contributed by atoms with Gasteiger partial charge in [-0.05, 0) is 55.1 Å². The molecule has 104 valence electrons. The average molecular weight is 287 g/mol. The Morgan fingerprint density at radius 3 is 2.75 bits per heavy atom. The molecule has 1 aliphatic rings. The molecule has 2 aromatic carbocycles. The molecule has 0 aromatic heterocycles. The molecular formula is C17H19ClN2. The number of hydrogen-bond acceptors (Lipinski definition) is 2. The van der Waals surface area contributed by atoms with Gasteiger partial charge in [0.15, 0.2) is 0 Å². The lowest BCUT2D eigenvalue weighted by Crippen LogP contribution is -2.24. The van der Waals surface area contributed by atoms with E-state index in [0.29, 0.717) is 6.54 Å². The van der Waals surface area contributed by atoms with Gasteiger partial charge < -0.3 is 10.6 Å². The Bertz CT molecular complexity index is 610. The molecule has 0 bridgehead atoms. The van der Waals surface area contributed by atoms with Gasteiger partial charge in [0.1, 0.15) is 0 Å². The van der Waals surface area contributed by atoms with Crippen LogP contribution in [0.5, 0.6) is 0 Å². The topological polar surface area (TPSA) is 29.3 Å². The maximum Gasteiger partial charge on any atom is 0.0645 e. The molecule has 0 fully saturated rings. The van der Waals surface area contributed by atoms with Crippen molar-refractivity contribution in [2.24, 2.45) is 5.73 Å². The molecule has 0 aliphatic carbocycles. The van der Waals surface area contributed by atoms with Crippen molar-refractivity contribution in [2.75, 3.05) is 18.0 Å². The van der Waals surface area contributed by atoms with Gasteiger partial charge in [0.05, 0.1) is 10.7 Å². The van der Waals surface area contributed by atoms with Crippen molar-refractivity contribution >= 4 is 23.0 Å². The van der Waals surface area contributed by atoms with E-state index in [-0.39, 0.29) is 0 Å². The van der Waals surface area contributed by atoms with E-state index in [4.69, 9.17) is 17.3 Å². The van der Waals surface area contributed by atoms with Gasteiger partial charge >= 0.3 is 0 Å². The van der Waals surface area contributed by atoms with Crippen molar-refractivity contribution < 1.29 is 0 Å². The lowest BCUT2D eigenvalue weighted by atomic mass is 10.0. The van der Waals surface area contributed by atoms with Gasteiger partial charge in [-0.3, -0.25) is 0 Å². The minimum absolute atomic E-state index is 0.655. The zero-order valence-corrected chi connectivity index (χ0v) is 12.2. The van der Waals surface area contributed by atoms with Crippen molar-refractivity contribution in [2.45, 2.75) is 19.3 Å². The molecule has 3 rings (SSSR count). The fourth-order valence-electron chi connectivity index (χ4n) is 2.88. The Balaban J connectivity index is 1.98. The van der Waals surface area contributed by atoms with Crippen molar-refractivity contribution in [1.29, 1.82) is 0 Å². The van der Waals surface area contributed by atoms with Crippen LogP contribution in [0.1, 0.15) is 17.5 Å². The molecule has 0 saturated heterocycles. The number of hydrogen-bond donors (Lipinski definition) is 1. The SMILES string of the molecule is NCCc1ccc(N2CCCc3ccccc32)c(Cl)c1. The summed E-state index contributed by atoms with van der Waals surface area (Å²) in [6.07, 6.45) is 3.18. The number of anilines is 2. The normalized spacial score (nSPS) is 14.2. The largest absolute Gasteiger partial charge is 0.340 e. The Kier molecular flexibility index (Phi) is 3.95. The summed E-state index contributed by atoms with van der Waals surface area (Å²) in [6, 6.07) is 14.9. The van der Waals surface area contributed by atoms with E-state index in [1.54, 1.807) is 0 Å². The smallest absolute Gasteiger partial charge is 0.0645 e. The Labute approximate surface area is 125 Å². The number of nitrogens with zero attached hydrogens (tertiary/aromatic N) is 1. The van der Waals surface area contributed by atoms with Crippen LogP contribution in [0.25, 0.3) is 0 Å². The minimum atomic E-state index is 0.655. The van der Waals surface area contributed by atoms with Crippen LogP contribution in [0.4, 0.5) is 11.4 Å². The maximum absolute atomic E-state index is 6.48. The lowest BCUT2D eigenvalue weighted by molar-refractivity contribution is 0.767. The fraction of sp³-hybridized carbons (Fsp3) is 0.294. The molecular weight excluding hydrogens is 268 g/mol. The Morgan fingerprint density at radius 2 is 1.95 bits per heavy atom. The minimum Gasteiger partial charge on any atom is -0.340 e. The molecule has 1 aliphatic heterocycles. The van der Waals surface area contributed by atoms with Gasteiger partial charge in [0.2, 0.25) is 0 Å². The molecule has 2 N–H and O–H groups in total. The Hall–Kier alpha value is -1.51. The molecule has 0 spiro atoms. The molecule has 2 aromatic rings. The standard InChI is InChI=1S/C17H19ClN2/c18-15-12-13(9-10-19)7-8-17(15)20-11-3-5-14-4-1-2-6-16(14)20/h1-2,4,6-8,12H,3,5,9-11,19H2. The van der Waals surface area contributed by atoms with Crippen LogP contribution in [0.2, 0.25) is 5.02 Å². The number of rotatable bonds is 3. The van der Waals surface area contributed by atoms with Gasteiger partial charge in [-0.2, -0.15) is 0 Å². The summed E-state index contributed by atoms with van der Waals surface area (Å²) in [5, 5.41) is 0.813. The van der Waals surface area contributed by atoms with Crippen molar-refractivity contribution in [3.8, 4) is 0 Å². The van der Waals surface area contributed by atoms with Crippen molar-refractivity contribution in [1.82, 2.24) is 0 Å². The summed E-state index contributed by atoms with van der Waals surface area (Å²) < 4.78 is 0. The van der Waals surface area contributed by atoms with Gasteiger partial charge in [0, 0.05) is 12.2 Å². The molecule has 2 nitrogen and oxygen atoms in total. The van der Waals surface area contributed by atoms with Crippen LogP contribution >= 0.6 is 11.6 Å². The molecule has 3 heteroatoms. The first kappa shape index (κ1) is 13.5. The van der Waals surface area contributed by atoms with E-state index in [2.05, 4.69) is 41.3 Å². The molecule has 0 unspecified atom stereocenters. The summed E-state index contributed by atoms with van der Waals surface area (Å²) >= 11 is 6.48. The maximum atomic E-state index is 6.48. The zero-order valence-electron chi connectivity index (χ0n) is 11.5. The van der Waals surface area contributed by atoms with Gasteiger partial charge in [-0.25, -0.2) is 0 Å². The van der Waals surface area contributed by atoms with Crippen molar-refractivity contribution in [3.05, 3.63) is 58.6 Å². The van der Waals surface area contributed by atoms with E-state index < -0.39 is 0 Å². The van der Waals surface area contributed by atoms with Crippen LogP contribution in [-0.4, -0.2) is 13.1 Å². The number of fused-ring (bicyclic) bond motifs is 1. The summed E-state index contributed by atoms with van der Waals surface area (Å²) in [5.74, 6) is 0. The third kappa shape index (κ3) is 2.54. The van der Waals surface area contributed by atoms with E-state index in [1.165, 1.54) is 16.8 Å². The fourth-order valence-corrected chi connectivity index (χ4v) is 3.18. The number of halogens is 1. The molecule has 1 heterocycles. The molecule has 20 heavy (non-hydrogen) atoms. The van der Waals surface area contributed by atoms with E-state index in [1.807, 2.05) is 6.07 Å². The second-order valence-corrected chi connectivity index (χ2v) is 5.62. The molecule has 0 radical (unpaired) electrons. The van der Waals surface area contributed by atoms with Crippen LogP contribution < -0.4 is 10.6 Å².